The molecule has 1 saturated heterocycles. The highest BCUT2D eigenvalue weighted by Gasteiger charge is 2.31. The van der Waals surface area contributed by atoms with E-state index in [1.165, 1.54) is 5.56 Å². The van der Waals surface area contributed by atoms with Gasteiger partial charge in [-0.3, -0.25) is 4.79 Å². The van der Waals surface area contributed by atoms with Crippen molar-refractivity contribution in [2.24, 2.45) is 0 Å². The molecule has 1 aliphatic rings. The van der Waals surface area contributed by atoms with E-state index in [1.54, 1.807) is 10.9 Å². The molecule has 0 aliphatic carbocycles. The van der Waals surface area contributed by atoms with Crippen LogP contribution in [0.2, 0.25) is 0 Å². The Balaban J connectivity index is 1.58. The van der Waals surface area contributed by atoms with Gasteiger partial charge in [0.1, 0.15) is 0 Å². The van der Waals surface area contributed by atoms with Crippen LogP contribution in [-0.4, -0.2) is 27.1 Å². The molecule has 0 radical (unpaired) electrons. The lowest BCUT2D eigenvalue weighted by atomic mass is 10.0. The largest absolute Gasteiger partial charge is 0.332 e. The van der Waals surface area contributed by atoms with Gasteiger partial charge in [0.15, 0.2) is 0 Å². The van der Waals surface area contributed by atoms with Crippen LogP contribution in [0, 0.1) is 0 Å². The number of nitrogens with zero attached hydrogens (tertiary/aromatic N) is 3. The summed E-state index contributed by atoms with van der Waals surface area (Å²) in [6, 6.07) is 20.3. The molecule has 24 heavy (non-hydrogen) atoms. The van der Waals surface area contributed by atoms with Crippen LogP contribution < -0.4 is 0 Å². The minimum Gasteiger partial charge on any atom is -0.332 e. The molecule has 4 nitrogen and oxygen atoms in total. The lowest BCUT2D eigenvalue weighted by Gasteiger charge is -2.24. The highest BCUT2D eigenvalue weighted by Crippen LogP contribution is 2.32. The van der Waals surface area contributed by atoms with E-state index >= 15 is 0 Å². The zero-order valence-corrected chi connectivity index (χ0v) is 13.4. The average molecular weight is 317 g/mol. The number of hydrogen-bond donors (Lipinski definition) is 0. The lowest BCUT2D eigenvalue weighted by molar-refractivity contribution is 0.0735. The van der Waals surface area contributed by atoms with Gasteiger partial charge < -0.3 is 4.90 Å². The van der Waals surface area contributed by atoms with Crippen LogP contribution in [0.5, 0.6) is 0 Å². The number of hydrogen-bond acceptors (Lipinski definition) is 2. The summed E-state index contributed by atoms with van der Waals surface area (Å²) < 4.78 is 1.75. The molecule has 0 bridgehead atoms. The maximum atomic E-state index is 12.9. The third-order valence-electron chi connectivity index (χ3n) is 4.55. The Bertz CT molecular complexity index is 826. The molecule has 2 aromatic carbocycles. The standard InChI is InChI=1S/C20H19N3O/c24-20(17-14-21-23(15-17)18-10-5-2-6-11-18)22-13-7-12-19(22)16-8-3-1-4-9-16/h1-6,8-11,14-15,19H,7,12-13H2. The Morgan fingerprint density at radius 2 is 1.71 bits per heavy atom. The van der Waals surface area contributed by atoms with Gasteiger partial charge >= 0.3 is 0 Å². The third-order valence-corrected chi connectivity index (χ3v) is 4.55. The summed E-state index contributed by atoms with van der Waals surface area (Å²) in [5.41, 5.74) is 2.80. The van der Waals surface area contributed by atoms with Crippen molar-refractivity contribution in [3.8, 4) is 5.69 Å². The summed E-state index contributed by atoms with van der Waals surface area (Å²) in [6.07, 6.45) is 5.54. The fourth-order valence-electron chi connectivity index (χ4n) is 3.35. The molecule has 1 aliphatic heterocycles. The second-order valence-corrected chi connectivity index (χ2v) is 6.08. The zero-order valence-electron chi connectivity index (χ0n) is 13.4. The van der Waals surface area contributed by atoms with E-state index in [0.717, 1.165) is 25.1 Å². The lowest BCUT2D eigenvalue weighted by Crippen LogP contribution is -2.30. The maximum absolute atomic E-state index is 12.9. The SMILES string of the molecule is O=C(c1cnn(-c2ccccc2)c1)N1CCCC1c1ccccc1. The average Bonchev–Trinajstić information content (AvgIpc) is 3.32. The van der Waals surface area contributed by atoms with E-state index in [9.17, 15) is 4.79 Å². The van der Waals surface area contributed by atoms with Crippen LogP contribution in [0.4, 0.5) is 0 Å². The van der Waals surface area contributed by atoms with Crippen LogP contribution in [0.3, 0.4) is 0 Å². The molecule has 4 rings (SSSR count). The summed E-state index contributed by atoms with van der Waals surface area (Å²) in [5.74, 6) is 0.0588. The molecule has 2 heterocycles. The summed E-state index contributed by atoms with van der Waals surface area (Å²) >= 11 is 0. The third kappa shape index (κ3) is 2.71. The normalized spacial score (nSPS) is 17.2. The van der Waals surface area contributed by atoms with Crippen LogP contribution in [-0.2, 0) is 0 Å². The Labute approximate surface area is 141 Å². The minimum absolute atomic E-state index is 0.0588. The second-order valence-electron chi connectivity index (χ2n) is 6.08. The summed E-state index contributed by atoms with van der Waals surface area (Å²) in [5, 5.41) is 4.35. The Kier molecular flexibility index (Phi) is 3.87. The number of carbonyl (C=O) groups is 1. The van der Waals surface area contributed by atoms with Crippen LogP contribution in [0.1, 0.15) is 34.8 Å². The Morgan fingerprint density at radius 3 is 2.46 bits per heavy atom. The van der Waals surface area contributed by atoms with Crippen molar-refractivity contribution in [3.63, 3.8) is 0 Å². The van der Waals surface area contributed by atoms with Crippen LogP contribution in [0.25, 0.3) is 5.69 Å². The summed E-state index contributed by atoms with van der Waals surface area (Å²) in [4.78, 5) is 14.9. The predicted octanol–water partition coefficient (Wildman–Crippen LogP) is 3.85. The quantitative estimate of drug-likeness (QED) is 0.736. The molecule has 1 aromatic heterocycles. The van der Waals surface area contributed by atoms with Gasteiger partial charge in [-0.05, 0) is 30.5 Å². The van der Waals surface area contributed by atoms with E-state index in [0.29, 0.717) is 5.56 Å². The molecule has 0 N–H and O–H groups in total. The molecule has 0 saturated carbocycles. The topological polar surface area (TPSA) is 38.1 Å². The fraction of sp³-hybridized carbons (Fsp3) is 0.200. The van der Waals surface area contributed by atoms with Crippen molar-refractivity contribution < 1.29 is 4.79 Å². The first-order chi connectivity index (χ1) is 11.8. The second kappa shape index (κ2) is 6.32. The molecule has 4 heteroatoms. The number of aromatic nitrogens is 2. The van der Waals surface area contributed by atoms with Gasteiger partial charge in [-0.1, -0.05) is 48.5 Å². The van der Waals surface area contributed by atoms with Gasteiger partial charge in [0.2, 0.25) is 0 Å². The molecule has 1 fully saturated rings. The fourth-order valence-corrected chi connectivity index (χ4v) is 3.35. The highest BCUT2D eigenvalue weighted by atomic mass is 16.2. The van der Waals surface area contributed by atoms with Crippen molar-refractivity contribution >= 4 is 5.91 Å². The van der Waals surface area contributed by atoms with Gasteiger partial charge in [0.05, 0.1) is 23.5 Å². The number of rotatable bonds is 3. The van der Waals surface area contributed by atoms with Gasteiger partial charge in [0.25, 0.3) is 5.91 Å². The smallest absolute Gasteiger partial charge is 0.257 e. The van der Waals surface area contributed by atoms with E-state index in [-0.39, 0.29) is 11.9 Å². The van der Waals surface area contributed by atoms with Gasteiger partial charge in [-0.2, -0.15) is 5.10 Å². The molecule has 3 aromatic rings. The van der Waals surface area contributed by atoms with Crippen molar-refractivity contribution in [2.75, 3.05) is 6.54 Å². The first-order valence-electron chi connectivity index (χ1n) is 8.29. The van der Waals surface area contributed by atoms with E-state index < -0.39 is 0 Å². The molecular weight excluding hydrogens is 298 g/mol. The first kappa shape index (κ1) is 14.7. The minimum atomic E-state index is 0.0588. The van der Waals surface area contributed by atoms with Gasteiger partial charge in [-0.25, -0.2) is 4.68 Å². The van der Waals surface area contributed by atoms with Crippen molar-refractivity contribution in [1.82, 2.24) is 14.7 Å². The highest BCUT2D eigenvalue weighted by molar-refractivity contribution is 5.94. The van der Waals surface area contributed by atoms with Crippen molar-refractivity contribution in [3.05, 3.63) is 84.2 Å². The van der Waals surface area contributed by atoms with E-state index in [1.807, 2.05) is 59.6 Å². The van der Waals surface area contributed by atoms with Gasteiger partial charge in [0, 0.05) is 12.7 Å². The number of para-hydroxylation sites is 1. The number of carbonyl (C=O) groups excluding carboxylic acids is 1. The molecule has 1 amide bonds. The Morgan fingerprint density at radius 1 is 1.00 bits per heavy atom. The van der Waals surface area contributed by atoms with Crippen molar-refractivity contribution in [1.29, 1.82) is 0 Å². The van der Waals surface area contributed by atoms with Crippen LogP contribution >= 0.6 is 0 Å². The summed E-state index contributed by atoms with van der Waals surface area (Å²) in [6.45, 7) is 0.801. The molecule has 1 unspecified atom stereocenters. The maximum Gasteiger partial charge on any atom is 0.257 e. The Hall–Kier alpha value is -2.88. The van der Waals surface area contributed by atoms with E-state index in [2.05, 4.69) is 17.2 Å². The molecule has 0 spiro atoms. The zero-order chi connectivity index (χ0) is 16.4. The predicted molar refractivity (Wildman–Crippen MR) is 93.0 cm³/mol. The van der Waals surface area contributed by atoms with Gasteiger partial charge in [-0.15, -0.1) is 0 Å². The summed E-state index contributed by atoms with van der Waals surface area (Å²) in [7, 11) is 0. The van der Waals surface area contributed by atoms with Crippen molar-refractivity contribution in [2.45, 2.75) is 18.9 Å². The van der Waals surface area contributed by atoms with E-state index in [4.69, 9.17) is 0 Å². The number of amides is 1. The molecule has 120 valence electrons. The first-order valence-corrected chi connectivity index (χ1v) is 8.29. The number of likely N-dealkylation sites (tertiary alicyclic amines) is 1. The van der Waals surface area contributed by atoms with Crippen LogP contribution in [0.15, 0.2) is 73.1 Å². The number of benzene rings is 2. The monoisotopic (exact) mass is 317 g/mol. The molecule has 1 atom stereocenters. The molecular formula is C20H19N3O.